The van der Waals surface area contributed by atoms with Crippen molar-refractivity contribution in [3.05, 3.63) is 71.9 Å². The first-order valence-electron chi connectivity index (χ1n) is 10.1. The van der Waals surface area contributed by atoms with Crippen molar-refractivity contribution in [3.8, 4) is 5.75 Å². The van der Waals surface area contributed by atoms with E-state index in [1.165, 1.54) is 18.4 Å². The Kier molecular flexibility index (Phi) is 4.93. The smallest absolute Gasteiger partial charge is 0.263 e. The predicted octanol–water partition coefficient (Wildman–Crippen LogP) is 3.97. The Morgan fingerprint density at radius 2 is 2.00 bits per heavy atom. The molecule has 4 aromatic rings. The summed E-state index contributed by atoms with van der Waals surface area (Å²) in [7, 11) is 0. The lowest BCUT2D eigenvalue weighted by molar-refractivity contribution is -0.118. The maximum absolute atomic E-state index is 12.3. The zero-order valence-electron chi connectivity index (χ0n) is 16.5. The summed E-state index contributed by atoms with van der Waals surface area (Å²) in [5.74, 6) is 2.00. The van der Waals surface area contributed by atoms with Crippen molar-refractivity contribution < 1.29 is 13.9 Å². The van der Waals surface area contributed by atoms with E-state index in [1.54, 1.807) is 23.1 Å². The Balaban J connectivity index is 1.19. The number of carbonyl (C=O) groups excluding carboxylic acids is 1. The number of furan rings is 1. The Morgan fingerprint density at radius 1 is 1.13 bits per heavy atom. The quantitative estimate of drug-likeness (QED) is 0.528. The molecular formula is C23H22N4O3. The van der Waals surface area contributed by atoms with Gasteiger partial charge in [0.25, 0.3) is 5.91 Å². The van der Waals surface area contributed by atoms with E-state index in [2.05, 4.69) is 15.4 Å². The molecule has 0 unspecified atom stereocenters. The number of nitrogens with one attached hydrogen (secondary N) is 1. The lowest BCUT2D eigenvalue weighted by Crippen LogP contribution is -2.20. The number of rotatable bonds is 6. The molecule has 0 spiro atoms. The maximum atomic E-state index is 12.3. The molecule has 3 heterocycles. The molecule has 1 aliphatic carbocycles. The second kappa shape index (κ2) is 8.02. The van der Waals surface area contributed by atoms with Crippen LogP contribution in [0.2, 0.25) is 0 Å². The number of pyridine rings is 1. The fraction of sp³-hybridized carbons (Fsp3) is 0.261. The number of hydrogen-bond acceptors (Lipinski definition) is 5. The number of benzene rings is 1. The summed E-state index contributed by atoms with van der Waals surface area (Å²) in [6.07, 6.45) is 9.71. The van der Waals surface area contributed by atoms with Gasteiger partial charge in [0.2, 0.25) is 0 Å². The molecule has 3 aromatic heterocycles. The molecule has 0 bridgehead atoms. The molecule has 1 N–H and O–H groups in total. The van der Waals surface area contributed by atoms with Gasteiger partial charge in [0.1, 0.15) is 17.1 Å². The summed E-state index contributed by atoms with van der Waals surface area (Å²) in [5.41, 5.74) is 3.26. The lowest BCUT2D eigenvalue weighted by atomic mass is 9.96. The average molecular weight is 402 g/mol. The summed E-state index contributed by atoms with van der Waals surface area (Å²) in [6.45, 7) is 0.534. The monoisotopic (exact) mass is 402 g/mol. The number of anilines is 1. The molecule has 1 aromatic carbocycles. The van der Waals surface area contributed by atoms with E-state index in [9.17, 15) is 4.79 Å². The molecule has 30 heavy (non-hydrogen) atoms. The van der Waals surface area contributed by atoms with Gasteiger partial charge in [-0.25, -0.2) is 0 Å². The fourth-order valence-corrected chi connectivity index (χ4v) is 3.85. The van der Waals surface area contributed by atoms with Crippen molar-refractivity contribution in [1.82, 2.24) is 14.8 Å². The van der Waals surface area contributed by atoms with Crippen molar-refractivity contribution in [2.24, 2.45) is 0 Å². The number of aryl methyl sites for hydroxylation is 2. The van der Waals surface area contributed by atoms with Crippen LogP contribution in [0.1, 0.15) is 29.7 Å². The number of amides is 1. The molecule has 0 fully saturated rings. The summed E-state index contributed by atoms with van der Waals surface area (Å²) < 4.78 is 13.4. The van der Waals surface area contributed by atoms with Gasteiger partial charge in [-0.05, 0) is 55.2 Å². The second-order valence-electron chi connectivity index (χ2n) is 7.46. The van der Waals surface area contributed by atoms with Gasteiger partial charge in [0.05, 0.1) is 6.54 Å². The van der Waals surface area contributed by atoms with Crippen LogP contribution >= 0.6 is 0 Å². The molecule has 152 valence electrons. The van der Waals surface area contributed by atoms with Crippen LogP contribution in [-0.4, -0.2) is 27.3 Å². The first kappa shape index (κ1) is 18.4. The van der Waals surface area contributed by atoms with E-state index >= 15 is 0 Å². The van der Waals surface area contributed by atoms with E-state index in [0.29, 0.717) is 18.1 Å². The highest BCUT2D eigenvalue weighted by molar-refractivity contribution is 5.91. The first-order valence-corrected chi connectivity index (χ1v) is 10.1. The van der Waals surface area contributed by atoms with Crippen LogP contribution in [0.5, 0.6) is 5.75 Å². The van der Waals surface area contributed by atoms with E-state index in [4.69, 9.17) is 9.15 Å². The highest BCUT2D eigenvalue weighted by Gasteiger charge is 2.18. The van der Waals surface area contributed by atoms with Gasteiger partial charge in [-0.1, -0.05) is 0 Å². The Bertz CT molecular complexity index is 1180. The second-order valence-corrected chi connectivity index (χ2v) is 7.46. The summed E-state index contributed by atoms with van der Waals surface area (Å²) >= 11 is 0. The average Bonchev–Trinajstić information content (AvgIpc) is 3.36. The molecule has 0 radical (unpaired) electrons. The number of fused-ring (bicyclic) bond motifs is 3. The molecule has 1 amide bonds. The van der Waals surface area contributed by atoms with Crippen LogP contribution in [0.3, 0.4) is 0 Å². The van der Waals surface area contributed by atoms with Crippen molar-refractivity contribution >= 4 is 22.7 Å². The molecule has 5 rings (SSSR count). The molecule has 1 aliphatic rings. The summed E-state index contributed by atoms with van der Waals surface area (Å²) in [6, 6.07) is 11.4. The van der Waals surface area contributed by atoms with Crippen LogP contribution < -0.4 is 10.1 Å². The summed E-state index contributed by atoms with van der Waals surface area (Å²) in [5, 5.41) is 8.25. The normalized spacial score (nSPS) is 13.2. The molecule has 0 atom stereocenters. The third-order valence-corrected chi connectivity index (χ3v) is 5.30. The minimum Gasteiger partial charge on any atom is -0.484 e. The molecule has 0 saturated carbocycles. The van der Waals surface area contributed by atoms with Crippen LogP contribution in [0.4, 0.5) is 5.82 Å². The van der Waals surface area contributed by atoms with E-state index in [-0.39, 0.29) is 12.5 Å². The van der Waals surface area contributed by atoms with Gasteiger partial charge in [0.15, 0.2) is 12.4 Å². The highest BCUT2D eigenvalue weighted by atomic mass is 16.5. The Morgan fingerprint density at radius 3 is 2.90 bits per heavy atom. The predicted molar refractivity (Wildman–Crippen MR) is 113 cm³/mol. The molecule has 0 aliphatic heterocycles. The zero-order chi connectivity index (χ0) is 20.3. The zero-order valence-corrected chi connectivity index (χ0v) is 16.5. The van der Waals surface area contributed by atoms with Crippen molar-refractivity contribution in [1.29, 1.82) is 0 Å². The minimum atomic E-state index is -0.251. The lowest BCUT2D eigenvalue weighted by Gasteiger charge is -2.09. The van der Waals surface area contributed by atoms with Crippen LogP contribution in [0.25, 0.3) is 11.0 Å². The van der Waals surface area contributed by atoms with Crippen LogP contribution in [-0.2, 0) is 24.2 Å². The third-order valence-electron chi connectivity index (χ3n) is 5.30. The van der Waals surface area contributed by atoms with Gasteiger partial charge < -0.3 is 14.5 Å². The van der Waals surface area contributed by atoms with Gasteiger partial charge in [-0.15, -0.1) is 0 Å². The number of aromatic nitrogens is 3. The van der Waals surface area contributed by atoms with Gasteiger partial charge in [0, 0.05) is 42.0 Å². The standard InChI is InChI=1S/C23H22N4O3/c28-23(25-22-9-12-27(26-22)14-16-7-10-24-11-8-16)15-29-17-5-6-21-19(13-17)18-3-1-2-4-20(18)30-21/h5-13H,1-4,14-15H2,(H,25,26,28). The van der Waals surface area contributed by atoms with Gasteiger partial charge in [-0.3, -0.25) is 14.5 Å². The number of nitrogens with zero attached hydrogens (tertiary/aromatic N) is 3. The van der Waals surface area contributed by atoms with Crippen molar-refractivity contribution in [3.63, 3.8) is 0 Å². The summed E-state index contributed by atoms with van der Waals surface area (Å²) in [4.78, 5) is 16.3. The van der Waals surface area contributed by atoms with E-state index in [1.807, 2.05) is 36.5 Å². The minimum absolute atomic E-state index is 0.0806. The topological polar surface area (TPSA) is 82.2 Å². The fourth-order valence-electron chi connectivity index (χ4n) is 3.85. The SMILES string of the molecule is O=C(COc1ccc2oc3c(c2c1)CCCC3)Nc1ccn(Cc2ccncc2)n1. The van der Waals surface area contributed by atoms with Gasteiger partial charge in [-0.2, -0.15) is 5.10 Å². The molecular weight excluding hydrogens is 380 g/mol. The van der Waals surface area contributed by atoms with E-state index in [0.717, 1.165) is 35.1 Å². The van der Waals surface area contributed by atoms with Gasteiger partial charge >= 0.3 is 0 Å². The number of ether oxygens (including phenoxy) is 1. The largest absolute Gasteiger partial charge is 0.484 e. The van der Waals surface area contributed by atoms with Crippen LogP contribution in [0, 0.1) is 0 Å². The van der Waals surface area contributed by atoms with Crippen molar-refractivity contribution in [2.75, 3.05) is 11.9 Å². The first-order chi connectivity index (χ1) is 14.7. The highest BCUT2D eigenvalue weighted by Crippen LogP contribution is 2.33. The van der Waals surface area contributed by atoms with Crippen molar-refractivity contribution in [2.45, 2.75) is 32.2 Å². The number of carbonyl (C=O) groups is 1. The Hall–Kier alpha value is -3.61. The third kappa shape index (κ3) is 3.91. The maximum Gasteiger partial charge on any atom is 0.263 e. The number of hydrogen-bond donors (Lipinski definition) is 1. The molecule has 7 nitrogen and oxygen atoms in total. The Labute approximate surface area is 173 Å². The molecule has 0 saturated heterocycles. The van der Waals surface area contributed by atoms with E-state index < -0.39 is 0 Å². The van der Waals surface area contributed by atoms with Crippen LogP contribution in [0.15, 0.2) is 59.4 Å². The molecule has 7 heteroatoms.